The van der Waals surface area contributed by atoms with E-state index in [0.29, 0.717) is 22.7 Å². The largest absolute Gasteiger partial charge is 0.315 e. The van der Waals surface area contributed by atoms with E-state index in [0.717, 1.165) is 5.16 Å². The van der Waals surface area contributed by atoms with Crippen LogP contribution in [-0.4, -0.2) is 38.5 Å². The average Bonchev–Trinajstić information content (AvgIpc) is 3.10. The van der Waals surface area contributed by atoms with Crippen LogP contribution in [0.25, 0.3) is 0 Å². The number of thioether (sulfide) groups is 1. The van der Waals surface area contributed by atoms with E-state index in [2.05, 4.69) is 41.7 Å². The monoisotopic (exact) mass is 281 g/mol. The van der Waals surface area contributed by atoms with Gasteiger partial charge in [0.05, 0.1) is 6.04 Å². The van der Waals surface area contributed by atoms with Gasteiger partial charge in [-0.3, -0.25) is 0 Å². The molecule has 6 heteroatoms. The second-order valence-corrected chi connectivity index (χ2v) is 7.65. The lowest BCUT2D eigenvalue weighted by Crippen LogP contribution is -2.50. The van der Waals surface area contributed by atoms with Gasteiger partial charge in [-0.2, -0.15) is 0 Å². The molecule has 0 spiro atoms. The molecule has 3 rings (SSSR count). The van der Waals surface area contributed by atoms with Crippen LogP contribution in [0.5, 0.6) is 0 Å². The summed E-state index contributed by atoms with van der Waals surface area (Å²) in [6, 6.07) is 1.08. The molecular weight excluding hydrogens is 258 g/mol. The Labute approximate surface area is 118 Å². The average molecular weight is 281 g/mol. The van der Waals surface area contributed by atoms with Crippen molar-refractivity contribution in [3.63, 3.8) is 0 Å². The smallest absolute Gasteiger partial charge is 0.209 e. The van der Waals surface area contributed by atoms with Gasteiger partial charge in [-0.05, 0) is 48.6 Å². The van der Waals surface area contributed by atoms with Gasteiger partial charge in [0.1, 0.15) is 0 Å². The van der Waals surface area contributed by atoms with Crippen molar-refractivity contribution in [2.24, 2.45) is 5.41 Å². The fraction of sp³-hybridized carbons (Fsp3) is 0.923. The number of nitrogens with one attached hydrogen (secondary N) is 1. The highest BCUT2D eigenvalue weighted by atomic mass is 32.2. The quantitative estimate of drug-likeness (QED) is 0.917. The summed E-state index contributed by atoms with van der Waals surface area (Å²) in [6.07, 6.45) is 6.29. The second kappa shape index (κ2) is 5.05. The highest BCUT2D eigenvalue weighted by molar-refractivity contribution is 7.99. The molecule has 0 saturated heterocycles. The van der Waals surface area contributed by atoms with Crippen molar-refractivity contribution in [2.75, 3.05) is 7.05 Å². The Hall–Kier alpha value is -0.620. The highest BCUT2D eigenvalue weighted by Gasteiger charge is 2.39. The van der Waals surface area contributed by atoms with E-state index >= 15 is 0 Å². The van der Waals surface area contributed by atoms with Crippen LogP contribution >= 0.6 is 11.8 Å². The summed E-state index contributed by atoms with van der Waals surface area (Å²) < 4.78 is 2.03. The summed E-state index contributed by atoms with van der Waals surface area (Å²) in [4.78, 5) is 0. The first-order valence-corrected chi connectivity index (χ1v) is 8.11. The Morgan fingerprint density at radius 1 is 1.32 bits per heavy atom. The number of tetrazole rings is 1. The minimum Gasteiger partial charge on any atom is -0.315 e. The molecule has 0 aliphatic heterocycles. The molecule has 2 saturated carbocycles. The molecule has 2 unspecified atom stereocenters. The molecule has 2 atom stereocenters. The summed E-state index contributed by atoms with van der Waals surface area (Å²) in [7, 11) is 2.08. The summed E-state index contributed by atoms with van der Waals surface area (Å²) in [6.45, 7) is 4.73. The molecule has 0 radical (unpaired) electrons. The molecule has 0 aromatic carbocycles. The lowest BCUT2D eigenvalue weighted by Gasteiger charge is -2.43. The van der Waals surface area contributed by atoms with Gasteiger partial charge in [0, 0.05) is 11.3 Å². The molecule has 1 N–H and O–H groups in total. The van der Waals surface area contributed by atoms with Crippen molar-refractivity contribution in [1.29, 1.82) is 0 Å². The molecule has 5 nitrogen and oxygen atoms in total. The maximum absolute atomic E-state index is 4.23. The number of hydrogen-bond donors (Lipinski definition) is 1. The van der Waals surface area contributed by atoms with E-state index in [-0.39, 0.29) is 0 Å². The van der Waals surface area contributed by atoms with E-state index in [1.165, 1.54) is 32.1 Å². The van der Waals surface area contributed by atoms with Crippen molar-refractivity contribution < 1.29 is 0 Å². The predicted octanol–water partition coefficient (Wildman–Crippen LogP) is 2.27. The number of hydrogen-bond acceptors (Lipinski definition) is 5. The molecule has 2 aliphatic rings. The third kappa shape index (κ3) is 2.65. The zero-order chi connectivity index (χ0) is 13.5. The number of rotatable bonds is 4. The fourth-order valence-electron chi connectivity index (χ4n) is 3.23. The van der Waals surface area contributed by atoms with Crippen LogP contribution < -0.4 is 5.32 Å². The van der Waals surface area contributed by atoms with Crippen molar-refractivity contribution in [1.82, 2.24) is 25.5 Å². The Bertz CT molecular complexity index is 440. The van der Waals surface area contributed by atoms with E-state index in [1.54, 1.807) is 0 Å². The van der Waals surface area contributed by atoms with E-state index in [1.807, 2.05) is 16.4 Å². The first-order valence-electron chi connectivity index (χ1n) is 7.23. The maximum Gasteiger partial charge on any atom is 0.209 e. The van der Waals surface area contributed by atoms with E-state index < -0.39 is 0 Å². The molecule has 1 heterocycles. The van der Waals surface area contributed by atoms with Gasteiger partial charge in [0.2, 0.25) is 5.16 Å². The van der Waals surface area contributed by atoms with Crippen molar-refractivity contribution in [3.8, 4) is 0 Å². The summed E-state index contributed by atoms with van der Waals surface area (Å²) >= 11 is 1.87. The number of aromatic nitrogens is 4. The molecule has 1 aromatic rings. The van der Waals surface area contributed by atoms with Crippen LogP contribution in [0.1, 0.15) is 52.0 Å². The topological polar surface area (TPSA) is 55.6 Å². The van der Waals surface area contributed by atoms with Gasteiger partial charge in [-0.1, -0.05) is 32.0 Å². The minimum atomic E-state index is 0.350. The van der Waals surface area contributed by atoms with E-state index in [9.17, 15) is 0 Å². The maximum atomic E-state index is 4.23. The lowest BCUT2D eigenvalue weighted by molar-refractivity contribution is 0.182. The third-order valence-corrected chi connectivity index (χ3v) is 5.74. The van der Waals surface area contributed by atoms with Gasteiger partial charge < -0.3 is 5.32 Å². The zero-order valence-corrected chi connectivity index (χ0v) is 12.8. The predicted molar refractivity (Wildman–Crippen MR) is 76.2 cm³/mol. The highest BCUT2D eigenvalue weighted by Crippen LogP contribution is 2.44. The van der Waals surface area contributed by atoms with Crippen molar-refractivity contribution >= 4 is 11.8 Å². The van der Waals surface area contributed by atoms with Crippen LogP contribution in [-0.2, 0) is 0 Å². The lowest BCUT2D eigenvalue weighted by atomic mass is 9.73. The first kappa shape index (κ1) is 13.4. The Morgan fingerprint density at radius 2 is 2.11 bits per heavy atom. The van der Waals surface area contributed by atoms with Gasteiger partial charge in [-0.25, -0.2) is 4.68 Å². The van der Waals surface area contributed by atoms with Crippen LogP contribution in [0.4, 0.5) is 0 Å². The van der Waals surface area contributed by atoms with Crippen LogP contribution in [0, 0.1) is 5.41 Å². The Morgan fingerprint density at radius 3 is 2.79 bits per heavy atom. The van der Waals surface area contributed by atoms with Gasteiger partial charge in [0.25, 0.3) is 0 Å². The van der Waals surface area contributed by atoms with E-state index in [4.69, 9.17) is 0 Å². The van der Waals surface area contributed by atoms with Crippen molar-refractivity contribution in [2.45, 2.75) is 68.4 Å². The standard InChI is InChI=1S/C13H23N5S/c1-13(2)8-4-5-10(11(13)14-3)19-12-15-16-17-18(12)9-6-7-9/h9-11,14H,4-8H2,1-3H3. The molecule has 0 bridgehead atoms. The van der Waals surface area contributed by atoms with Crippen molar-refractivity contribution in [3.05, 3.63) is 0 Å². The van der Waals surface area contributed by atoms with Crippen LogP contribution in [0.15, 0.2) is 5.16 Å². The normalized spacial score (nSPS) is 30.5. The molecular formula is C13H23N5S. The molecule has 1 aromatic heterocycles. The Balaban J connectivity index is 1.75. The van der Waals surface area contributed by atoms with Gasteiger partial charge in [-0.15, -0.1) is 5.10 Å². The minimum absolute atomic E-state index is 0.350. The molecule has 19 heavy (non-hydrogen) atoms. The zero-order valence-electron chi connectivity index (χ0n) is 12.0. The third-order valence-electron chi connectivity index (χ3n) is 4.45. The fourth-order valence-corrected chi connectivity index (χ4v) is 4.81. The summed E-state index contributed by atoms with van der Waals surface area (Å²) in [5.74, 6) is 0. The second-order valence-electron chi connectivity index (χ2n) is 6.44. The molecule has 2 aliphatic carbocycles. The summed E-state index contributed by atoms with van der Waals surface area (Å²) in [5, 5.41) is 17.3. The Kier molecular flexibility index (Phi) is 3.55. The van der Waals surface area contributed by atoms with Gasteiger partial charge >= 0.3 is 0 Å². The SMILES string of the molecule is CNC1C(Sc2nnnn2C2CC2)CCCC1(C)C. The molecule has 2 fully saturated rings. The summed E-state index contributed by atoms with van der Waals surface area (Å²) in [5.41, 5.74) is 0.350. The molecule has 0 amide bonds. The molecule has 106 valence electrons. The number of nitrogens with zero attached hydrogens (tertiary/aromatic N) is 4. The van der Waals surface area contributed by atoms with Crippen LogP contribution in [0.3, 0.4) is 0 Å². The van der Waals surface area contributed by atoms with Gasteiger partial charge in [0.15, 0.2) is 0 Å². The van der Waals surface area contributed by atoms with Crippen LogP contribution in [0.2, 0.25) is 0 Å². The first-order chi connectivity index (χ1) is 9.12.